The van der Waals surface area contributed by atoms with Crippen LogP contribution < -0.4 is 14.4 Å². The van der Waals surface area contributed by atoms with Crippen LogP contribution in [0.1, 0.15) is 44.7 Å². The largest absolute Gasteiger partial charge is 0.495 e. The number of aryl methyl sites for hydroxylation is 1. The van der Waals surface area contributed by atoms with Crippen molar-refractivity contribution < 1.29 is 22.7 Å². The van der Waals surface area contributed by atoms with Crippen molar-refractivity contribution in [1.82, 2.24) is 10.2 Å². The van der Waals surface area contributed by atoms with Crippen molar-refractivity contribution in [2.75, 3.05) is 24.2 Å². The Bertz CT molecular complexity index is 1150. The number of benzene rings is 2. The van der Waals surface area contributed by atoms with Crippen molar-refractivity contribution in [2.24, 2.45) is 0 Å². The minimum atomic E-state index is -3.85. The van der Waals surface area contributed by atoms with E-state index in [1.807, 2.05) is 52.0 Å². The zero-order valence-electron chi connectivity index (χ0n) is 21.7. The van der Waals surface area contributed by atoms with Gasteiger partial charge in [-0.3, -0.25) is 13.9 Å². The molecule has 8 nitrogen and oxygen atoms in total. The highest BCUT2D eigenvalue weighted by atomic mass is 35.5. The minimum absolute atomic E-state index is 0.0585. The Morgan fingerprint density at radius 3 is 2.22 bits per heavy atom. The van der Waals surface area contributed by atoms with Gasteiger partial charge in [0.15, 0.2) is 0 Å². The van der Waals surface area contributed by atoms with Crippen LogP contribution in [0.3, 0.4) is 0 Å². The van der Waals surface area contributed by atoms with Crippen molar-refractivity contribution in [2.45, 2.75) is 59.2 Å². The Balaban J connectivity index is 2.45. The molecule has 0 bridgehead atoms. The topological polar surface area (TPSA) is 96.0 Å². The zero-order valence-corrected chi connectivity index (χ0v) is 23.3. The fourth-order valence-electron chi connectivity index (χ4n) is 3.67. The van der Waals surface area contributed by atoms with E-state index in [4.69, 9.17) is 16.3 Å². The third-order valence-corrected chi connectivity index (χ3v) is 7.40. The molecule has 0 saturated heterocycles. The van der Waals surface area contributed by atoms with Gasteiger partial charge in [0.1, 0.15) is 18.3 Å². The molecule has 10 heteroatoms. The van der Waals surface area contributed by atoms with Crippen molar-refractivity contribution in [3.8, 4) is 5.75 Å². The first-order chi connectivity index (χ1) is 16.9. The monoisotopic (exact) mass is 537 g/mol. The summed E-state index contributed by atoms with van der Waals surface area (Å²) in [5.74, 6) is -0.390. The lowest BCUT2D eigenvalue weighted by molar-refractivity contribution is -0.140. The third kappa shape index (κ3) is 7.86. The second kappa shape index (κ2) is 13.0. The molecule has 2 aromatic rings. The summed E-state index contributed by atoms with van der Waals surface area (Å²) >= 11 is 6.22. The fourth-order valence-corrected chi connectivity index (χ4v) is 4.77. The number of sulfonamides is 1. The van der Waals surface area contributed by atoms with E-state index in [9.17, 15) is 18.0 Å². The number of nitrogens with one attached hydrogen (secondary N) is 1. The van der Waals surface area contributed by atoms with Crippen molar-refractivity contribution in [1.29, 1.82) is 0 Å². The molecule has 0 saturated carbocycles. The Hall–Kier alpha value is -2.78. The van der Waals surface area contributed by atoms with Crippen LogP contribution in [0.4, 0.5) is 5.69 Å². The molecule has 0 fully saturated rings. The van der Waals surface area contributed by atoms with Gasteiger partial charge in [-0.15, -0.1) is 0 Å². The average molecular weight is 538 g/mol. The number of anilines is 1. The number of rotatable bonds is 12. The number of methoxy groups -OCH3 is 1. The predicted molar refractivity (Wildman–Crippen MR) is 144 cm³/mol. The van der Waals surface area contributed by atoms with Crippen LogP contribution in [-0.4, -0.2) is 57.1 Å². The summed E-state index contributed by atoms with van der Waals surface area (Å²) in [6.45, 7) is 7.33. The van der Waals surface area contributed by atoms with E-state index >= 15 is 0 Å². The van der Waals surface area contributed by atoms with Gasteiger partial charge in [0.25, 0.3) is 0 Å². The quantitative estimate of drug-likeness (QED) is 0.439. The summed E-state index contributed by atoms with van der Waals surface area (Å²) < 4.78 is 31.6. The maximum Gasteiger partial charge on any atom is 0.244 e. The fraction of sp³-hybridized carbons (Fsp3) is 0.462. The summed E-state index contributed by atoms with van der Waals surface area (Å²) in [7, 11) is -2.40. The highest BCUT2D eigenvalue weighted by molar-refractivity contribution is 7.92. The van der Waals surface area contributed by atoms with E-state index in [1.54, 1.807) is 6.07 Å². The molecule has 0 unspecified atom stereocenters. The molecule has 0 aliphatic carbocycles. The molecule has 0 aromatic heterocycles. The molecule has 2 rings (SSSR count). The van der Waals surface area contributed by atoms with Gasteiger partial charge in [-0.05, 0) is 50.5 Å². The minimum Gasteiger partial charge on any atom is -0.495 e. The zero-order chi connectivity index (χ0) is 27.0. The highest BCUT2D eigenvalue weighted by Crippen LogP contribution is 2.30. The number of amides is 2. The second-order valence-corrected chi connectivity index (χ2v) is 11.2. The first-order valence-corrected chi connectivity index (χ1v) is 14.1. The maximum absolute atomic E-state index is 13.7. The normalized spacial score (nSPS) is 13.0. The van der Waals surface area contributed by atoms with Gasteiger partial charge >= 0.3 is 0 Å². The lowest BCUT2D eigenvalue weighted by atomic mass is 10.1. The molecular formula is C26H36ClN3O5S. The molecule has 0 aliphatic rings. The SMILES string of the molecule is CC[C@@H](C)NC(=O)[C@H](CC)N(Cc1ccc(C)cc1)C(=O)CN(c1ccc(OC)c(Cl)c1)S(C)(=O)=O. The number of ether oxygens (including phenoxy) is 1. The van der Waals surface area contributed by atoms with Gasteiger partial charge in [0.2, 0.25) is 21.8 Å². The number of hydrogen-bond donors (Lipinski definition) is 1. The second-order valence-electron chi connectivity index (χ2n) is 8.84. The summed E-state index contributed by atoms with van der Waals surface area (Å²) in [4.78, 5) is 28.3. The van der Waals surface area contributed by atoms with Crippen molar-refractivity contribution in [3.63, 3.8) is 0 Å². The van der Waals surface area contributed by atoms with E-state index in [2.05, 4.69) is 5.32 Å². The van der Waals surface area contributed by atoms with Crippen LogP contribution in [0.25, 0.3) is 0 Å². The molecule has 2 atom stereocenters. The Morgan fingerprint density at radius 1 is 1.08 bits per heavy atom. The first kappa shape index (κ1) is 29.5. The van der Waals surface area contributed by atoms with Crippen LogP contribution >= 0.6 is 11.6 Å². The van der Waals surface area contributed by atoms with E-state index in [0.29, 0.717) is 12.2 Å². The third-order valence-electron chi connectivity index (χ3n) is 5.96. The van der Waals surface area contributed by atoms with Crippen LogP contribution in [-0.2, 0) is 26.2 Å². The van der Waals surface area contributed by atoms with Crippen LogP contribution in [0.2, 0.25) is 5.02 Å². The smallest absolute Gasteiger partial charge is 0.244 e. The molecule has 36 heavy (non-hydrogen) atoms. The standard InChI is InChI=1S/C26H36ClN3O5S/c1-7-19(4)28-26(32)23(8-2)29(16-20-11-9-18(3)10-12-20)25(31)17-30(36(6,33)34)21-13-14-24(35-5)22(27)15-21/h9-15,19,23H,7-8,16-17H2,1-6H3,(H,28,32)/t19-,23+/m1/s1. The summed E-state index contributed by atoms with van der Waals surface area (Å²) in [5, 5.41) is 3.16. The van der Waals surface area contributed by atoms with Gasteiger partial charge in [0, 0.05) is 12.6 Å². The average Bonchev–Trinajstić information content (AvgIpc) is 2.82. The number of carbonyl (C=O) groups excluding carboxylic acids is 2. The molecule has 2 aromatic carbocycles. The van der Waals surface area contributed by atoms with Crippen LogP contribution in [0.15, 0.2) is 42.5 Å². The lowest BCUT2D eigenvalue weighted by Crippen LogP contribution is -2.53. The van der Waals surface area contributed by atoms with Crippen LogP contribution in [0, 0.1) is 6.92 Å². The van der Waals surface area contributed by atoms with Gasteiger partial charge in [-0.1, -0.05) is 55.3 Å². The number of carbonyl (C=O) groups is 2. The maximum atomic E-state index is 13.7. The Morgan fingerprint density at radius 2 is 1.72 bits per heavy atom. The molecule has 0 heterocycles. The summed E-state index contributed by atoms with van der Waals surface area (Å²) in [6, 6.07) is 11.3. The van der Waals surface area contributed by atoms with Crippen LogP contribution in [0.5, 0.6) is 5.75 Å². The highest BCUT2D eigenvalue weighted by Gasteiger charge is 2.32. The van der Waals surface area contributed by atoms with Crippen molar-refractivity contribution >= 4 is 39.1 Å². The van der Waals surface area contributed by atoms with E-state index in [-0.39, 0.29) is 29.2 Å². The van der Waals surface area contributed by atoms with Crippen molar-refractivity contribution in [3.05, 3.63) is 58.6 Å². The van der Waals surface area contributed by atoms with Gasteiger partial charge in [-0.2, -0.15) is 0 Å². The van der Waals surface area contributed by atoms with E-state index in [0.717, 1.165) is 28.1 Å². The first-order valence-electron chi connectivity index (χ1n) is 11.9. The van der Waals surface area contributed by atoms with E-state index in [1.165, 1.54) is 24.1 Å². The molecule has 0 aliphatic heterocycles. The lowest BCUT2D eigenvalue weighted by Gasteiger charge is -2.33. The van der Waals surface area contributed by atoms with Gasteiger partial charge in [-0.25, -0.2) is 8.42 Å². The predicted octanol–water partition coefficient (Wildman–Crippen LogP) is 4.15. The molecule has 198 valence electrons. The Labute approximate surface area is 219 Å². The number of halogens is 1. The molecule has 0 spiro atoms. The number of nitrogens with zero attached hydrogens (tertiary/aromatic N) is 2. The number of hydrogen-bond acceptors (Lipinski definition) is 5. The summed E-state index contributed by atoms with van der Waals surface area (Å²) in [6.07, 6.45) is 2.14. The van der Waals surface area contributed by atoms with Gasteiger partial charge < -0.3 is 15.0 Å². The van der Waals surface area contributed by atoms with E-state index < -0.39 is 28.5 Å². The van der Waals surface area contributed by atoms with Gasteiger partial charge in [0.05, 0.1) is 24.1 Å². The molecule has 2 amide bonds. The molecular weight excluding hydrogens is 502 g/mol. The Kier molecular flexibility index (Phi) is 10.6. The summed E-state index contributed by atoms with van der Waals surface area (Å²) in [5.41, 5.74) is 2.13. The molecule has 1 N–H and O–H groups in total. The molecule has 0 radical (unpaired) electrons.